The van der Waals surface area contributed by atoms with Crippen LogP contribution in [-0.2, 0) is 12.6 Å². The molecule has 1 spiro atoms. The van der Waals surface area contributed by atoms with E-state index in [0.717, 1.165) is 41.5 Å². The van der Waals surface area contributed by atoms with Crippen molar-refractivity contribution in [3.8, 4) is 17.0 Å². The molecule has 38 heavy (non-hydrogen) atoms. The molecule has 0 unspecified atom stereocenters. The van der Waals surface area contributed by atoms with Crippen molar-refractivity contribution in [1.82, 2.24) is 19.9 Å². The van der Waals surface area contributed by atoms with E-state index in [9.17, 15) is 18.0 Å². The summed E-state index contributed by atoms with van der Waals surface area (Å²) in [7, 11) is 2.17. The Hall–Kier alpha value is -3.53. The van der Waals surface area contributed by atoms with Gasteiger partial charge in [-0.15, -0.1) is 0 Å². The fraction of sp³-hybridized carbons (Fsp3) is 0.429. The number of pyridine rings is 1. The Labute approximate surface area is 219 Å². The topological polar surface area (TPSA) is 71.5 Å². The Kier molecular flexibility index (Phi) is 7.34. The molecule has 6 rings (SSSR count). The van der Waals surface area contributed by atoms with Gasteiger partial charge >= 0.3 is 6.18 Å². The Bertz CT molecular complexity index is 1250. The summed E-state index contributed by atoms with van der Waals surface area (Å²) in [6.45, 7) is 3.86. The summed E-state index contributed by atoms with van der Waals surface area (Å²) in [5.41, 5.74) is 2.10. The van der Waals surface area contributed by atoms with E-state index in [1.165, 1.54) is 32.1 Å². The zero-order chi connectivity index (χ0) is 26.8. The lowest BCUT2D eigenvalue weighted by Gasteiger charge is -2.39. The number of carbonyl (C=O) groups is 1. The molecule has 0 aliphatic carbocycles. The van der Waals surface area contributed by atoms with Crippen molar-refractivity contribution in [3.05, 3.63) is 65.7 Å². The zero-order valence-corrected chi connectivity index (χ0v) is 21.2. The van der Waals surface area contributed by atoms with E-state index in [1.54, 1.807) is 18.3 Å². The third kappa shape index (κ3) is 5.80. The third-order valence-electron chi connectivity index (χ3n) is 7.39. The van der Waals surface area contributed by atoms with Gasteiger partial charge in [0, 0.05) is 49.0 Å². The largest absolute Gasteiger partial charge is 0.485 e. The second-order valence-corrected chi connectivity index (χ2v) is 10.1. The summed E-state index contributed by atoms with van der Waals surface area (Å²) in [4.78, 5) is 27.1. The molecule has 7 nitrogen and oxygen atoms in total. The van der Waals surface area contributed by atoms with Crippen molar-refractivity contribution < 1.29 is 22.7 Å². The first-order valence-electron chi connectivity index (χ1n) is 12.8. The van der Waals surface area contributed by atoms with Crippen LogP contribution in [0, 0.1) is 0 Å². The van der Waals surface area contributed by atoms with Gasteiger partial charge in [-0.05, 0) is 39.0 Å². The molecule has 3 aliphatic rings. The number of hydrogen-bond donors (Lipinski definition) is 0. The Morgan fingerprint density at radius 1 is 0.947 bits per heavy atom. The molecule has 0 radical (unpaired) electrons. The van der Waals surface area contributed by atoms with E-state index in [4.69, 9.17) is 4.74 Å². The molecule has 2 saturated heterocycles. The highest BCUT2D eigenvalue weighted by Gasteiger charge is 2.42. The number of alkyl halides is 3. The van der Waals surface area contributed by atoms with Gasteiger partial charge in [0.1, 0.15) is 23.5 Å². The first-order valence-corrected chi connectivity index (χ1v) is 12.8. The molecule has 0 amide bonds. The van der Waals surface area contributed by atoms with Crippen LogP contribution in [0.25, 0.3) is 11.3 Å². The van der Waals surface area contributed by atoms with Gasteiger partial charge in [-0.1, -0.05) is 24.3 Å². The Morgan fingerprint density at radius 3 is 2.21 bits per heavy atom. The van der Waals surface area contributed by atoms with Crippen molar-refractivity contribution in [3.63, 3.8) is 0 Å². The molecular formula is C28H30F3N5O2. The molecule has 0 saturated carbocycles. The smallest absolute Gasteiger partial charge is 0.434 e. The minimum atomic E-state index is -4.50. The van der Waals surface area contributed by atoms with Gasteiger partial charge in [0.15, 0.2) is 5.69 Å². The van der Waals surface area contributed by atoms with Crippen molar-refractivity contribution in [2.75, 3.05) is 38.1 Å². The normalized spacial score (nSPS) is 18.5. The Balaban J connectivity index is 0.000000433. The Morgan fingerprint density at radius 2 is 1.66 bits per heavy atom. The van der Waals surface area contributed by atoms with Crippen LogP contribution in [0.3, 0.4) is 0 Å². The van der Waals surface area contributed by atoms with Crippen molar-refractivity contribution >= 4 is 12.1 Å². The second-order valence-electron chi connectivity index (χ2n) is 10.1. The highest BCUT2D eigenvalue weighted by Crippen LogP contribution is 2.42. The SMILES string of the molecule is CN1CCCC1.O=Cc1ccc(-c2cc3c(cn2)OC2(CCN(c4cnc(C(F)(F)F)cn4)CC2)C3)cc1. The number of likely N-dealkylation sites (tertiary alicyclic amines) is 1. The first-order chi connectivity index (χ1) is 18.2. The van der Waals surface area contributed by atoms with E-state index in [1.807, 2.05) is 23.1 Å². The monoisotopic (exact) mass is 525 g/mol. The number of benzene rings is 1. The van der Waals surface area contributed by atoms with E-state index >= 15 is 0 Å². The standard InChI is InChI=1S/C23H19F3N4O2.C5H11N/c24-23(25,26)20-12-29-21(13-28-20)30-7-5-22(6-8-30)10-17-9-18(27-11-19(17)32-22)16-3-1-15(14-31)2-4-16;1-6-4-2-3-5-6/h1-4,9,11-14H,5-8,10H2;2-5H2,1H3. The number of nitrogens with zero attached hydrogens (tertiary/aromatic N) is 5. The fourth-order valence-electron chi connectivity index (χ4n) is 5.15. The molecule has 3 aromatic rings. The van der Waals surface area contributed by atoms with Crippen LogP contribution >= 0.6 is 0 Å². The molecule has 2 aromatic heterocycles. The average molecular weight is 526 g/mol. The first kappa shape index (κ1) is 26.1. The number of ether oxygens (including phenoxy) is 1. The van der Waals surface area contributed by atoms with Crippen LogP contribution in [0.15, 0.2) is 48.9 Å². The average Bonchev–Trinajstić information content (AvgIpc) is 3.55. The minimum absolute atomic E-state index is 0.347. The fourth-order valence-corrected chi connectivity index (χ4v) is 5.15. The van der Waals surface area contributed by atoms with Gasteiger partial charge in [-0.3, -0.25) is 9.78 Å². The number of carbonyl (C=O) groups excluding carboxylic acids is 1. The number of aromatic nitrogens is 3. The molecule has 200 valence electrons. The highest BCUT2D eigenvalue weighted by molar-refractivity contribution is 5.76. The maximum absolute atomic E-state index is 12.7. The van der Waals surface area contributed by atoms with E-state index in [-0.39, 0.29) is 5.60 Å². The van der Waals surface area contributed by atoms with Crippen molar-refractivity contribution in [1.29, 1.82) is 0 Å². The molecule has 0 bridgehead atoms. The predicted molar refractivity (Wildman–Crippen MR) is 137 cm³/mol. The number of fused-ring (bicyclic) bond motifs is 1. The second kappa shape index (κ2) is 10.7. The predicted octanol–water partition coefficient (Wildman–Crippen LogP) is 5.06. The quantitative estimate of drug-likeness (QED) is 0.443. The van der Waals surface area contributed by atoms with Crippen LogP contribution in [-0.4, -0.2) is 65.0 Å². The van der Waals surface area contributed by atoms with E-state index in [2.05, 4.69) is 26.9 Å². The summed E-state index contributed by atoms with van der Waals surface area (Å²) >= 11 is 0. The number of aldehydes is 1. The van der Waals surface area contributed by atoms with Gasteiger partial charge in [0.25, 0.3) is 0 Å². The van der Waals surface area contributed by atoms with Gasteiger partial charge in [0.2, 0.25) is 0 Å². The number of anilines is 1. The summed E-state index contributed by atoms with van der Waals surface area (Å²) in [5.74, 6) is 1.20. The maximum Gasteiger partial charge on any atom is 0.434 e. The van der Waals surface area contributed by atoms with Crippen molar-refractivity contribution in [2.45, 2.75) is 43.9 Å². The van der Waals surface area contributed by atoms with Crippen LogP contribution < -0.4 is 9.64 Å². The third-order valence-corrected chi connectivity index (χ3v) is 7.39. The van der Waals surface area contributed by atoms with E-state index in [0.29, 0.717) is 37.3 Å². The van der Waals surface area contributed by atoms with E-state index < -0.39 is 11.9 Å². The number of hydrogen-bond acceptors (Lipinski definition) is 7. The van der Waals surface area contributed by atoms with Crippen molar-refractivity contribution in [2.24, 2.45) is 0 Å². The number of piperidine rings is 1. The zero-order valence-electron chi connectivity index (χ0n) is 21.2. The summed E-state index contributed by atoms with van der Waals surface area (Å²) in [5, 5.41) is 0. The summed E-state index contributed by atoms with van der Waals surface area (Å²) in [6, 6.07) is 9.28. The van der Waals surface area contributed by atoms with Crippen LogP contribution in [0.2, 0.25) is 0 Å². The lowest BCUT2D eigenvalue weighted by atomic mass is 9.87. The van der Waals surface area contributed by atoms with Gasteiger partial charge in [0.05, 0.1) is 24.3 Å². The molecular weight excluding hydrogens is 495 g/mol. The lowest BCUT2D eigenvalue weighted by Crippen LogP contribution is -2.47. The van der Waals surface area contributed by atoms with Gasteiger partial charge in [-0.2, -0.15) is 13.2 Å². The molecule has 0 atom stereocenters. The summed E-state index contributed by atoms with van der Waals surface area (Å²) < 4.78 is 44.4. The number of rotatable bonds is 3. The number of halogens is 3. The minimum Gasteiger partial charge on any atom is -0.485 e. The summed E-state index contributed by atoms with van der Waals surface area (Å²) in [6.07, 6.45) is 5.00. The molecule has 5 heterocycles. The maximum atomic E-state index is 12.7. The molecule has 3 aliphatic heterocycles. The molecule has 1 aromatic carbocycles. The lowest BCUT2D eigenvalue weighted by molar-refractivity contribution is -0.141. The molecule has 10 heteroatoms. The van der Waals surface area contributed by atoms with Crippen LogP contribution in [0.5, 0.6) is 5.75 Å². The van der Waals surface area contributed by atoms with Crippen LogP contribution in [0.1, 0.15) is 47.3 Å². The van der Waals surface area contributed by atoms with Crippen LogP contribution in [0.4, 0.5) is 19.0 Å². The van der Waals surface area contributed by atoms with Gasteiger partial charge in [-0.25, -0.2) is 9.97 Å². The van der Waals surface area contributed by atoms with Gasteiger partial charge < -0.3 is 14.5 Å². The highest BCUT2D eigenvalue weighted by atomic mass is 19.4. The molecule has 2 fully saturated rings. The molecule has 0 N–H and O–H groups in total.